The Labute approximate surface area is 78.9 Å². The number of aliphatic hydroxyl groups excluding tert-OH is 1. The third-order valence-corrected chi connectivity index (χ3v) is 2.19. The Kier molecular flexibility index (Phi) is 3.83. The molecule has 1 rings (SSSR count). The fraction of sp³-hybridized carbons (Fsp3) is 0.600. The molecule has 0 radical (unpaired) electrons. The van der Waals surface area contributed by atoms with Crippen LogP contribution in [0.3, 0.4) is 0 Å². The molecule has 0 amide bonds. The van der Waals surface area contributed by atoms with Crippen LogP contribution < -0.4 is 0 Å². The predicted molar refractivity (Wildman–Crippen MR) is 51.1 cm³/mol. The largest absolute Gasteiger partial charge is 0.387 e. The lowest BCUT2D eigenvalue weighted by Crippen LogP contribution is -2.10. The second-order valence-electron chi connectivity index (χ2n) is 3.35. The van der Waals surface area contributed by atoms with E-state index in [1.165, 1.54) is 6.33 Å². The molecule has 0 bridgehead atoms. The first kappa shape index (κ1) is 10.1. The Balaban J connectivity index is 2.62. The summed E-state index contributed by atoms with van der Waals surface area (Å²) in [5.41, 5.74) is 0.718. The van der Waals surface area contributed by atoms with Crippen molar-refractivity contribution in [2.45, 2.75) is 32.8 Å². The van der Waals surface area contributed by atoms with Crippen molar-refractivity contribution < 1.29 is 5.11 Å². The van der Waals surface area contributed by atoms with E-state index in [-0.39, 0.29) is 5.92 Å². The quantitative estimate of drug-likeness (QED) is 0.770. The van der Waals surface area contributed by atoms with E-state index in [0.29, 0.717) is 0 Å². The molecule has 1 heterocycles. The highest BCUT2D eigenvalue weighted by Gasteiger charge is 2.15. The molecule has 0 fully saturated rings. The summed E-state index contributed by atoms with van der Waals surface area (Å²) < 4.78 is 0. The van der Waals surface area contributed by atoms with Crippen molar-refractivity contribution in [2.75, 3.05) is 0 Å². The van der Waals surface area contributed by atoms with Crippen LogP contribution in [0, 0.1) is 5.92 Å². The molecule has 2 atom stereocenters. The van der Waals surface area contributed by atoms with Crippen LogP contribution in [0.15, 0.2) is 18.6 Å². The lowest BCUT2D eigenvalue weighted by Gasteiger charge is -2.16. The van der Waals surface area contributed by atoms with Crippen LogP contribution >= 0.6 is 0 Å². The van der Waals surface area contributed by atoms with Crippen LogP contribution in [0.4, 0.5) is 0 Å². The van der Waals surface area contributed by atoms with E-state index in [1.54, 1.807) is 12.3 Å². The zero-order chi connectivity index (χ0) is 9.68. The summed E-state index contributed by atoms with van der Waals surface area (Å²) >= 11 is 0. The summed E-state index contributed by atoms with van der Waals surface area (Å²) in [6.07, 6.45) is 4.78. The van der Waals surface area contributed by atoms with Crippen LogP contribution in [0.2, 0.25) is 0 Å². The summed E-state index contributed by atoms with van der Waals surface area (Å²) in [6, 6.07) is 1.76. The molecule has 0 aliphatic heterocycles. The fourth-order valence-corrected chi connectivity index (χ4v) is 1.38. The van der Waals surface area contributed by atoms with Gasteiger partial charge in [0.2, 0.25) is 0 Å². The van der Waals surface area contributed by atoms with Crippen molar-refractivity contribution in [1.29, 1.82) is 0 Å². The van der Waals surface area contributed by atoms with Gasteiger partial charge in [-0.05, 0) is 18.4 Å². The maximum atomic E-state index is 9.83. The second kappa shape index (κ2) is 4.92. The van der Waals surface area contributed by atoms with Gasteiger partial charge in [-0.3, -0.25) is 0 Å². The molecule has 2 unspecified atom stereocenters. The molecule has 72 valence electrons. The molecule has 0 aromatic carbocycles. The number of rotatable bonds is 4. The maximum Gasteiger partial charge on any atom is 0.115 e. The van der Waals surface area contributed by atoms with Gasteiger partial charge in [0, 0.05) is 6.20 Å². The maximum absolute atomic E-state index is 9.83. The van der Waals surface area contributed by atoms with E-state index >= 15 is 0 Å². The molecule has 0 saturated carbocycles. The van der Waals surface area contributed by atoms with Gasteiger partial charge in [0.25, 0.3) is 0 Å². The molecule has 3 nitrogen and oxygen atoms in total. The number of aliphatic hydroxyl groups is 1. The molecule has 13 heavy (non-hydrogen) atoms. The molecule has 1 aromatic rings. The molecule has 0 aliphatic carbocycles. The lowest BCUT2D eigenvalue weighted by molar-refractivity contribution is 0.108. The van der Waals surface area contributed by atoms with Crippen molar-refractivity contribution in [2.24, 2.45) is 5.92 Å². The van der Waals surface area contributed by atoms with Gasteiger partial charge in [0.1, 0.15) is 6.33 Å². The third kappa shape index (κ3) is 2.77. The van der Waals surface area contributed by atoms with E-state index in [0.717, 1.165) is 18.5 Å². The van der Waals surface area contributed by atoms with Gasteiger partial charge in [-0.25, -0.2) is 9.97 Å². The van der Waals surface area contributed by atoms with E-state index in [9.17, 15) is 5.11 Å². The lowest BCUT2D eigenvalue weighted by atomic mass is 9.97. The zero-order valence-corrected chi connectivity index (χ0v) is 8.14. The first-order valence-corrected chi connectivity index (χ1v) is 4.69. The Morgan fingerprint density at radius 1 is 1.54 bits per heavy atom. The second-order valence-corrected chi connectivity index (χ2v) is 3.35. The third-order valence-electron chi connectivity index (χ3n) is 2.19. The highest BCUT2D eigenvalue weighted by molar-refractivity contribution is 5.02. The minimum Gasteiger partial charge on any atom is -0.387 e. The molecular weight excluding hydrogens is 164 g/mol. The van der Waals surface area contributed by atoms with Crippen LogP contribution in [0.25, 0.3) is 0 Å². The molecule has 0 saturated heterocycles. The van der Waals surface area contributed by atoms with Gasteiger partial charge in [-0.2, -0.15) is 0 Å². The normalized spacial score (nSPS) is 15.3. The van der Waals surface area contributed by atoms with Crippen molar-refractivity contribution in [3.05, 3.63) is 24.3 Å². The van der Waals surface area contributed by atoms with E-state index in [4.69, 9.17) is 0 Å². The number of hydrogen-bond donors (Lipinski definition) is 1. The molecule has 3 heteroatoms. The summed E-state index contributed by atoms with van der Waals surface area (Å²) in [6.45, 7) is 4.15. The Morgan fingerprint density at radius 2 is 2.31 bits per heavy atom. The summed E-state index contributed by atoms with van der Waals surface area (Å²) in [5, 5.41) is 9.83. The van der Waals surface area contributed by atoms with Crippen LogP contribution in [-0.2, 0) is 0 Å². The SMILES string of the molecule is CCCC(C)C(O)c1ccncn1. The first-order valence-electron chi connectivity index (χ1n) is 4.69. The molecule has 1 N–H and O–H groups in total. The Hall–Kier alpha value is -0.960. The van der Waals surface area contributed by atoms with Crippen molar-refractivity contribution >= 4 is 0 Å². The molecule has 1 aromatic heterocycles. The van der Waals surface area contributed by atoms with Gasteiger partial charge in [-0.15, -0.1) is 0 Å². The van der Waals surface area contributed by atoms with Crippen LogP contribution in [0.5, 0.6) is 0 Å². The topological polar surface area (TPSA) is 46.0 Å². The highest BCUT2D eigenvalue weighted by Crippen LogP contribution is 2.22. The van der Waals surface area contributed by atoms with E-state index in [2.05, 4.69) is 16.9 Å². The van der Waals surface area contributed by atoms with Gasteiger partial charge in [0.15, 0.2) is 0 Å². The van der Waals surface area contributed by atoms with Gasteiger partial charge < -0.3 is 5.11 Å². The number of nitrogens with zero attached hydrogens (tertiary/aromatic N) is 2. The minimum absolute atomic E-state index is 0.264. The highest BCUT2D eigenvalue weighted by atomic mass is 16.3. The van der Waals surface area contributed by atoms with Crippen molar-refractivity contribution in [3.8, 4) is 0 Å². The summed E-state index contributed by atoms with van der Waals surface area (Å²) in [4.78, 5) is 7.83. The van der Waals surface area contributed by atoms with Crippen LogP contribution in [0.1, 0.15) is 38.5 Å². The fourth-order valence-electron chi connectivity index (χ4n) is 1.38. The monoisotopic (exact) mass is 180 g/mol. The zero-order valence-electron chi connectivity index (χ0n) is 8.14. The first-order chi connectivity index (χ1) is 6.25. The van der Waals surface area contributed by atoms with Gasteiger partial charge in [0.05, 0.1) is 11.8 Å². The van der Waals surface area contributed by atoms with Gasteiger partial charge in [-0.1, -0.05) is 20.3 Å². The predicted octanol–water partition coefficient (Wildman–Crippen LogP) is 1.95. The van der Waals surface area contributed by atoms with E-state index < -0.39 is 6.10 Å². The molecule has 0 aliphatic rings. The molecular formula is C10H16N2O. The number of hydrogen-bond acceptors (Lipinski definition) is 3. The number of aromatic nitrogens is 2. The van der Waals surface area contributed by atoms with Crippen molar-refractivity contribution in [3.63, 3.8) is 0 Å². The average molecular weight is 180 g/mol. The Morgan fingerprint density at radius 3 is 2.85 bits per heavy atom. The van der Waals surface area contributed by atoms with Gasteiger partial charge >= 0.3 is 0 Å². The standard InChI is InChI=1S/C10H16N2O/c1-3-4-8(2)10(13)9-5-6-11-7-12-9/h5-8,10,13H,3-4H2,1-2H3. The Bertz CT molecular complexity index is 238. The van der Waals surface area contributed by atoms with Crippen LogP contribution in [-0.4, -0.2) is 15.1 Å². The van der Waals surface area contributed by atoms with Crippen molar-refractivity contribution in [1.82, 2.24) is 9.97 Å². The average Bonchev–Trinajstić information content (AvgIpc) is 2.18. The van der Waals surface area contributed by atoms with E-state index in [1.807, 2.05) is 6.92 Å². The summed E-state index contributed by atoms with van der Waals surface area (Å²) in [7, 11) is 0. The smallest absolute Gasteiger partial charge is 0.115 e. The molecule has 0 spiro atoms. The minimum atomic E-state index is -0.456. The summed E-state index contributed by atoms with van der Waals surface area (Å²) in [5.74, 6) is 0.264.